The summed E-state index contributed by atoms with van der Waals surface area (Å²) in [5, 5.41) is 0. The molecule has 0 aliphatic carbocycles. The summed E-state index contributed by atoms with van der Waals surface area (Å²) in [6.07, 6.45) is 0. The maximum absolute atomic E-state index is 12.7. The highest BCUT2D eigenvalue weighted by Crippen LogP contribution is 2.16. The number of halogens is 2. The average Bonchev–Trinajstić information content (AvgIpc) is 2.10. The molecule has 13 heavy (non-hydrogen) atoms. The Morgan fingerprint density at radius 2 is 2.31 bits per heavy atom. The van der Waals surface area contributed by atoms with Gasteiger partial charge in [-0.3, -0.25) is 9.63 Å². The second-order valence-corrected chi connectivity index (χ2v) is 3.12. The molecule has 0 aromatic heterocycles. The molecule has 1 aromatic carbocycles. The Kier molecular flexibility index (Phi) is 3.39. The summed E-state index contributed by atoms with van der Waals surface area (Å²) in [5.41, 5.74) is 2.46. The highest BCUT2D eigenvalue weighted by molar-refractivity contribution is 9.10. The van der Waals surface area contributed by atoms with Crippen LogP contribution in [-0.2, 0) is 4.84 Å². The number of carbonyl (C=O) groups is 1. The first-order chi connectivity index (χ1) is 6.15. The number of hydrogen-bond acceptors (Lipinski definition) is 2. The fourth-order valence-corrected chi connectivity index (χ4v) is 1.17. The number of carbonyl (C=O) groups excluding carboxylic acids is 1. The molecule has 1 aromatic rings. The molecule has 0 spiro atoms. The van der Waals surface area contributed by atoms with Crippen LogP contribution in [0, 0.1) is 5.82 Å². The monoisotopic (exact) mass is 247 g/mol. The zero-order valence-corrected chi connectivity index (χ0v) is 8.39. The van der Waals surface area contributed by atoms with Crippen LogP contribution < -0.4 is 5.48 Å². The van der Waals surface area contributed by atoms with Crippen molar-refractivity contribution >= 4 is 21.8 Å². The zero-order valence-electron chi connectivity index (χ0n) is 6.80. The Morgan fingerprint density at radius 3 is 2.85 bits per heavy atom. The molecule has 0 saturated heterocycles. The molecule has 0 fully saturated rings. The summed E-state index contributed by atoms with van der Waals surface area (Å²) in [7, 11) is 1.33. The number of hydroxylamine groups is 1. The first kappa shape index (κ1) is 10.1. The number of nitrogens with one attached hydrogen (secondary N) is 1. The van der Waals surface area contributed by atoms with Crippen molar-refractivity contribution in [2.45, 2.75) is 0 Å². The van der Waals surface area contributed by atoms with Gasteiger partial charge in [0.1, 0.15) is 5.82 Å². The second kappa shape index (κ2) is 4.34. The summed E-state index contributed by atoms with van der Waals surface area (Å²) in [6, 6.07) is 3.95. The van der Waals surface area contributed by atoms with Crippen LogP contribution in [0.5, 0.6) is 0 Å². The van der Waals surface area contributed by atoms with Crippen molar-refractivity contribution in [3.05, 3.63) is 34.1 Å². The summed E-state index contributed by atoms with van der Waals surface area (Å²) < 4.78 is 13.0. The van der Waals surface area contributed by atoms with Crippen LogP contribution in [0.3, 0.4) is 0 Å². The minimum atomic E-state index is -0.414. The molecule has 0 unspecified atom stereocenters. The van der Waals surface area contributed by atoms with Crippen molar-refractivity contribution in [2.75, 3.05) is 7.11 Å². The van der Waals surface area contributed by atoms with Crippen LogP contribution in [0.15, 0.2) is 22.7 Å². The quantitative estimate of drug-likeness (QED) is 0.811. The molecule has 0 radical (unpaired) electrons. The molecular weight excluding hydrogens is 241 g/mol. The van der Waals surface area contributed by atoms with Gasteiger partial charge in [-0.1, -0.05) is 0 Å². The van der Waals surface area contributed by atoms with Crippen molar-refractivity contribution in [3.8, 4) is 0 Å². The van der Waals surface area contributed by atoms with Crippen molar-refractivity contribution in [3.63, 3.8) is 0 Å². The molecule has 70 valence electrons. The van der Waals surface area contributed by atoms with Crippen LogP contribution in [0.1, 0.15) is 10.4 Å². The lowest BCUT2D eigenvalue weighted by Crippen LogP contribution is -2.21. The maximum Gasteiger partial charge on any atom is 0.274 e. The molecule has 0 bridgehead atoms. The maximum atomic E-state index is 12.7. The molecule has 3 nitrogen and oxygen atoms in total. The number of hydrogen-bond donors (Lipinski definition) is 1. The van der Waals surface area contributed by atoms with Crippen molar-refractivity contribution < 1.29 is 14.0 Å². The predicted octanol–water partition coefficient (Wildman–Crippen LogP) is 1.88. The average molecular weight is 248 g/mol. The fraction of sp³-hybridized carbons (Fsp3) is 0.125. The van der Waals surface area contributed by atoms with E-state index in [1.165, 1.54) is 25.3 Å². The van der Waals surface area contributed by atoms with Gasteiger partial charge in [0.15, 0.2) is 0 Å². The largest absolute Gasteiger partial charge is 0.277 e. The van der Waals surface area contributed by atoms with Crippen molar-refractivity contribution in [2.24, 2.45) is 0 Å². The standard InChI is InChI=1S/C8H7BrFNO2/c1-13-11-8(12)5-2-3-7(10)6(9)4-5/h2-4H,1H3,(H,11,12). The lowest BCUT2D eigenvalue weighted by molar-refractivity contribution is 0.0537. The minimum Gasteiger partial charge on any atom is -0.277 e. The van der Waals surface area contributed by atoms with Crippen molar-refractivity contribution in [1.82, 2.24) is 5.48 Å². The third kappa shape index (κ3) is 2.50. The zero-order chi connectivity index (χ0) is 9.84. The smallest absolute Gasteiger partial charge is 0.274 e. The van der Waals surface area contributed by atoms with Gasteiger partial charge in [-0.15, -0.1) is 0 Å². The Labute approximate surface area is 83.0 Å². The Balaban J connectivity index is 2.90. The van der Waals surface area contributed by atoms with E-state index >= 15 is 0 Å². The summed E-state index contributed by atoms with van der Waals surface area (Å²) >= 11 is 2.97. The number of rotatable bonds is 2. The third-order valence-electron chi connectivity index (χ3n) is 1.38. The van der Waals surface area contributed by atoms with E-state index in [1.807, 2.05) is 0 Å². The molecule has 0 aliphatic rings. The van der Waals surface area contributed by atoms with Gasteiger partial charge in [0.25, 0.3) is 5.91 Å². The normalized spacial score (nSPS) is 9.77. The Hall–Kier alpha value is -0.940. The van der Waals surface area contributed by atoms with Gasteiger partial charge < -0.3 is 0 Å². The van der Waals surface area contributed by atoms with Crippen molar-refractivity contribution in [1.29, 1.82) is 0 Å². The number of benzene rings is 1. The highest BCUT2D eigenvalue weighted by Gasteiger charge is 2.07. The lowest BCUT2D eigenvalue weighted by atomic mass is 10.2. The second-order valence-electron chi connectivity index (χ2n) is 2.26. The lowest BCUT2D eigenvalue weighted by Gasteiger charge is -2.02. The highest BCUT2D eigenvalue weighted by atomic mass is 79.9. The van der Waals surface area contributed by atoms with Gasteiger partial charge >= 0.3 is 0 Å². The molecule has 1 amide bonds. The van der Waals surface area contributed by atoms with Gasteiger partial charge in [-0.2, -0.15) is 0 Å². The Bertz CT molecular complexity index is 330. The topological polar surface area (TPSA) is 38.3 Å². The van der Waals surface area contributed by atoms with E-state index in [9.17, 15) is 9.18 Å². The van der Waals surface area contributed by atoms with Gasteiger partial charge in [0, 0.05) is 5.56 Å². The SMILES string of the molecule is CONC(=O)c1ccc(F)c(Br)c1. The van der Waals surface area contributed by atoms with E-state index in [0.717, 1.165) is 0 Å². The van der Waals surface area contributed by atoms with Gasteiger partial charge in [-0.05, 0) is 34.1 Å². The van der Waals surface area contributed by atoms with E-state index in [1.54, 1.807) is 0 Å². The van der Waals surface area contributed by atoms with E-state index in [2.05, 4.69) is 26.2 Å². The van der Waals surface area contributed by atoms with Gasteiger partial charge in [-0.25, -0.2) is 9.87 Å². The summed E-state index contributed by atoms with van der Waals surface area (Å²) in [4.78, 5) is 15.5. The third-order valence-corrected chi connectivity index (χ3v) is 1.98. The molecule has 5 heteroatoms. The molecule has 0 heterocycles. The van der Waals surface area contributed by atoms with E-state index in [-0.39, 0.29) is 4.47 Å². The summed E-state index contributed by atoms with van der Waals surface area (Å²) in [5.74, 6) is -0.822. The van der Waals surface area contributed by atoms with E-state index in [0.29, 0.717) is 5.56 Å². The van der Waals surface area contributed by atoms with Crippen LogP contribution in [0.25, 0.3) is 0 Å². The van der Waals surface area contributed by atoms with Crippen LogP contribution in [0.4, 0.5) is 4.39 Å². The van der Waals surface area contributed by atoms with Gasteiger partial charge in [0.2, 0.25) is 0 Å². The number of amides is 1. The molecule has 1 rings (SSSR count). The van der Waals surface area contributed by atoms with E-state index in [4.69, 9.17) is 0 Å². The first-order valence-corrected chi connectivity index (χ1v) is 4.23. The van der Waals surface area contributed by atoms with Crippen LogP contribution in [0.2, 0.25) is 0 Å². The Morgan fingerprint density at radius 1 is 1.62 bits per heavy atom. The van der Waals surface area contributed by atoms with Crippen LogP contribution >= 0.6 is 15.9 Å². The predicted molar refractivity (Wildman–Crippen MR) is 48.6 cm³/mol. The van der Waals surface area contributed by atoms with E-state index < -0.39 is 11.7 Å². The first-order valence-electron chi connectivity index (χ1n) is 3.43. The van der Waals surface area contributed by atoms with Crippen LogP contribution in [-0.4, -0.2) is 13.0 Å². The summed E-state index contributed by atoms with van der Waals surface area (Å²) in [6.45, 7) is 0. The fourth-order valence-electron chi connectivity index (χ4n) is 0.789. The molecular formula is C8H7BrFNO2. The molecule has 1 N–H and O–H groups in total. The molecule has 0 saturated carbocycles. The molecule has 0 atom stereocenters. The molecule has 0 aliphatic heterocycles. The minimum absolute atomic E-state index is 0.247. The van der Waals surface area contributed by atoms with Gasteiger partial charge in [0.05, 0.1) is 11.6 Å².